The molecule has 1 aromatic carbocycles. The minimum atomic E-state index is -0.856. The number of rotatable bonds is 8. The third-order valence-electron chi connectivity index (χ3n) is 2.95. The van der Waals surface area contributed by atoms with Gasteiger partial charge in [-0.3, -0.25) is 9.59 Å². The fourth-order valence-electron chi connectivity index (χ4n) is 1.79. The fraction of sp³-hybridized carbons (Fsp3) is 0.429. The lowest BCUT2D eigenvalue weighted by Gasteiger charge is -2.12. The molecule has 21 heavy (non-hydrogen) atoms. The zero-order valence-corrected chi connectivity index (χ0v) is 11.6. The number of hydrogen-bond acceptors (Lipinski definition) is 5. The first kappa shape index (κ1) is 16.8. The topological polar surface area (TPSA) is 133 Å². The number of unbranched alkanes of at least 4 members (excludes halogenated alkanes) is 1. The van der Waals surface area contributed by atoms with Gasteiger partial charge in [-0.15, -0.1) is 0 Å². The van der Waals surface area contributed by atoms with Gasteiger partial charge in [0.25, 0.3) is 0 Å². The summed E-state index contributed by atoms with van der Waals surface area (Å²) >= 11 is 0. The molecule has 0 unspecified atom stereocenters. The number of aliphatic carboxylic acids is 1. The van der Waals surface area contributed by atoms with Crippen LogP contribution >= 0.6 is 0 Å². The molecule has 116 valence electrons. The quantitative estimate of drug-likeness (QED) is 0.347. The number of amides is 1. The van der Waals surface area contributed by atoms with Crippen LogP contribution in [0.4, 0.5) is 0 Å². The van der Waals surface area contributed by atoms with Crippen LogP contribution in [0.1, 0.15) is 24.8 Å². The van der Waals surface area contributed by atoms with Gasteiger partial charge in [0.1, 0.15) is 0 Å². The summed E-state index contributed by atoms with van der Waals surface area (Å²) < 4.78 is 0. The lowest BCUT2D eigenvalue weighted by Crippen LogP contribution is -2.42. The van der Waals surface area contributed by atoms with Crippen LogP contribution in [-0.2, 0) is 16.0 Å². The van der Waals surface area contributed by atoms with Crippen molar-refractivity contribution >= 4 is 11.9 Å². The van der Waals surface area contributed by atoms with E-state index in [4.69, 9.17) is 10.8 Å². The van der Waals surface area contributed by atoms with Crippen LogP contribution in [-0.4, -0.2) is 39.8 Å². The SMILES string of the molecule is N[C@@H](Cc1ccc(O)c(O)c1)C(=O)NCCCCC(=O)O. The molecular weight excluding hydrogens is 276 g/mol. The van der Waals surface area contributed by atoms with E-state index in [-0.39, 0.29) is 30.2 Å². The van der Waals surface area contributed by atoms with Crippen molar-refractivity contribution in [2.75, 3.05) is 6.54 Å². The molecule has 1 aromatic rings. The van der Waals surface area contributed by atoms with Gasteiger partial charge < -0.3 is 26.4 Å². The van der Waals surface area contributed by atoms with Crippen molar-refractivity contribution in [3.63, 3.8) is 0 Å². The van der Waals surface area contributed by atoms with Gasteiger partial charge in [0.2, 0.25) is 5.91 Å². The lowest BCUT2D eigenvalue weighted by atomic mass is 10.1. The standard InChI is InChI=1S/C14H20N2O5/c15-10(7-9-4-5-11(17)12(18)8-9)14(21)16-6-2-1-3-13(19)20/h4-5,8,10,17-18H,1-3,6-7,15H2,(H,16,21)(H,19,20)/t10-/m0/s1. The number of hydrogen-bond donors (Lipinski definition) is 5. The number of nitrogens with two attached hydrogens (primary N) is 1. The van der Waals surface area contributed by atoms with Crippen LogP contribution in [0.2, 0.25) is 0 Å². The van der Waals surface area contributed by atoms with E-state index >= 15 is 0 Å². The van der Waals surface area contributed by atoms with Gasteiger partial charge in [-0.05, 0) is 37.0 Å². The molecule has 1 rings (SSSR count). The molecule has 0 aromatic heterocycles. The molecule has 0 saturated heterocycles. The van der Waals surface area contributed by atoms with Gasteiger partial charge in [0.05, 0.1) is 6.04 Å². The van der Waals surface area contributed by atoms with Crippen LogP contribution in [0.25, 0.3) is 0 Å². The first-order chi connectivity index (χ1) is 9.90. The van der Waals surface area contributed by atoms with Crippen molar-refractivity contribution in [3.8, 4) is 11.5 Å². The van der Waals surface area contributed by atoms with E-state index in [9.17, 15) is 19.8 Å². The molecule has 0 spiro atoms. The summed E-state index contributed by atoms with van der Waals surface area (Å²) in [4.78, 5) is 22.0. The molecule has 0 saturated carbocycles. The highest BCUT2D eigenvalue weighted by Gasteiger charge is 2.14. The predicted octanol–water partition coefficient (Wildman–Crippen LogP) is 0.339. The number of nitrogens with one attached hydrogen (secondary N) is 1. The van der Waals surface area contributed by atoms with Crippen molar-refractivity contribution in [3.05, 3.63) is 23.8 Å². The monoisotopic (exact) mass is 296 g/mol. The third-order valence-corrected chi connectivity index (χ3v) is 2.95. The number of phenolic OH excluding ortho intramolecular Hbond substituents is 2. The Balaban J connectivity index is 2.33. The molecular formula is C14H20N2O5. The van der Waals surface area contributed by atoms with E-state index in [1.165, 1.54) is 12.1 Å². The van der Waals surface area contributed by atoms with Crippen LogP contribution in [0, 0.1) is 0 Å². The minimum Gasteiger partial charge on any atom is -0.504 e. The highest BCUT2D eigenvalue weighted by atomic mass is 16.4. The van der Waals surface area contributed by atoms with Gasteiger partial charge in [-0.1, -0.05) is 6.07 Å². The normalized spacial score (nSPS) is 11.9. The first-order valence-corrected chi connectivity index (χ1v) is 6.66. The van der Waals surface area contributed by atoms with Gasteiger partial charge >= 0.3 is 5.97 Å². The summed E-state index contributed by atoms with van der Waals surface area (Å²) in [7, 11) is 0. The molecule has 0 bridgehead atoms. The average Bonchev–Trinajstić information content (AvgIpc) is 2.42. The Labute approximate surface area is 122 Å². The number of aromatic hydroxyl groups is 2. The highest BCUT2D eigenvalue weighted by Crippen LogP contribution is 2.25. The summed E-state index contributed by atoms with van der Waals surface area (Å²) in [6.45, 7) is 0.376. The maximum Gasteiger partial charge on any atom is 0.303 e. The molecule has 0 aliphatic rings. The Hall–Kier alpha value is -2.28. The van der Waals surface area contributed by atoms with Crippen molar-refractivity contribution in [2.24, 2.45) is 5.73 Å². The predicted molar refractivity (Wildman–Crippen MR) is 75.9 cm³/mol. The summed E-state index contributed by atoms with van der Waals surface area (Å²) in [6, 6.07) is 3.50. The zero-order valence-electron chi connectivity index (χ0n) is 11.6. The Morgan fingerprint density at radius 3 is 2.52 bits per heavy atom. The van der Waals surface area contributed by atoms with Gasteiger partial charge in [0.15, 0.2) is 11.5 Å². The summed E-state index contributed by atoms with van der Waals surface area (Å²) in [5.41, 5.74) is 6.39. The van der Waals surface area contributed by atoms with Crippen molar-refractivity contribution in [2.45, 2.75) is 31.7 Å². The lowest BCUT2D eigenvalue weighted by molar-refractivity contribution is -0.137. The number of carbonyl (C=O) groups is 2. The zero-order chi connectivity index (χ0) is 15.8. The van der Waals surface area contributed by atoms with E-state index in [2.05, 4.69) is 5.32 Å². The number of phenols is 2. The largest absolute Gasteiger partial charge is 0.504 e. The summed E-state index contributed by atoms with van der Waals surface area (Å²) in [5, 5.41) is 29.7. The molecule has 1 amide bonds. The summed E-state index contributed by atoms with van der Waals surface area (Å²) in [6.07, 6.45) is 1.38. The van der Waals surface area contributed by atoms with Gasteiger partial charge in [-0.2, -0.15) is 0 Å². The van der Waals surface area contributed by atoms with Gasteiger partial charge in [-0.25, -0.2) is 0 Å². The number of carboxylic acids is 1. The van der Waals surface area contributed by atoms with Crippen LogP contribution in [0.3, 0.4) is 0 Å². The van der Waals surface area contributed by atoms with E-state index in [1.54, 1.807) is 6.07 Å². The second-order valence-corrected chi connectivity index (χ2v) is 4.78. The van der Waals surface area contributed by atoms with Crippen LogP contribution in [0.15, 0.2) is 18.2 Å². The Morgan fingerprint density at radius 2 is 1.90 bits per heavy atom. The van der Waals surface area contributed by atoms with Crippen molar-refractivity contribution in [1.82, 2.24) is 5.32 Å². The fourth-order valence-corrected chi connectivity index (χ4v) is 1.79. The number of carboxylic acid groups (broad SMARTS) is 1. The smallest absolute Gasteiger partial charge is 0.303 e. The molecule has 0 aliphatic heterocycles. The Bertz CT molecular complexity index is 504. The van der Waals surface area contributed by atoms with Crippen LogP contribution in [0.5, 0.6) is 11.5 Å². The average molecular weight is 296 g/mol. The first-order valence-electron chi connectivity index (χ1n) is 6.66. The van der Waals surface area contributed by atoms with Crippen molar-refractivity contribution < 1.29 is 24.9 Å². The third kappa shape index (κ3) is 6.13. The highest BCUT2D eigenvalue weighted by molar-refractivity contribution is 5.81. The maximum absolute atomic E-state index is 11.7. The molecule has 0 radical (unpaired) electrons. The number of carbonyl (C=O) groups excluding carboxylic acids is 1. The van der Waals surface area contributed by atoms with E-state index < -0.39 is 12.0 Å². The molecule has 0 heterocycles. The molecule has 0 aliphatic carbocycles. The molecule has 7 heteroatoms. The second kappa shape index (κ2) is 8.11. The maximum atomic E-state index is 11.7. The molecule has 7 nitrogen and oxygen atoms in total. The van der Waals surface area contributed by atoms with Gasteiger partial charge in [0, 0.05) is 13.0 Å². The van der Waals surface area contributed by atoms with E-state index in [0.717, 1.165) is 0 Å². The minimum absolute atomic E-state index is 0.0781. The Morgan fingerprint density at radius 1 is 1.19 bits per heavy atom. The van der Waals surface area contributed by atoms with Crippen molar-refractivity contribution in [1.29, 1.82) is 0 Å². The molecule has 6 N–H and O–H groups in total. The van der Waals surface area contributed by atoms with E-state index in [1.807, 2.05) is 0 Å². The van der Waals surface area contributed by atoms with E-state index in [0.29, 0.717) is 24.9 Å². The Kier molecular flexibility index (Phi) is 6.48. The summed E-state index contributed by atoms with van der Waals surface area (Å²) in [5.74, 6) is -1.67. The molecule has 0 fully saturated rings. The van der Waals surface area contributed by atoms with Crippen LogP contribution < -0.4 is 11.1 Å². The second-order valence-electron chi connectivity index (χ2n) is 4.78. The number of benzene rings is 1. The molecule has 1 atom stereocenters.